The van der Waals surface area contributed by atoms with Crippen molar-refractivity contribution < 1.29 is 0 Å². The summed E-state index contributed by atoms with van der Waals surface area (Å²) < 4.78 is 0. The van der Waals surface area contributed by atoms with Gasteiger partial charge >= 0.3 is 0 Å². The Balaban J connectivity index is 1.49. The Morgan fingerprint density at radius 3 is 2.50 bits per heavy atom. The van der Waals surface area contributed by atoms with Crippen molar-refractivity contribution in [2.24, 2.45) is 0 Å². The number of hydrogen-bond donors (Lipinski definition) is 0. The van der Waals surface area contributed by atoms with Crippen LogP contribution in [-0.4, -0.2) is 54.9 Å². The SMILES string of the molecule is ClCCN1CCN(CC2Cc3ccccc32)CC1. The van der Waals surface area contributed by atoms with Crippen LogP contribution < -0.4 is 0 Å². The monoisotopic (exact) mass is 264 g/mol. The summed E-state index contributed by atoms with van der Waals surface area (Å²) in [5.74, 6) is 1.54. The molecule has 1 aromatic rings. The highest BCUT2D eigenvalue weighted by atomic mass is 35.5. The van der Waals surface area contributed by atoms with Gasteiger partial charge in [0.05, 0.1) is 0 Å². The molecule has 3 rings (SSSR count). The quantitative estimate of drug-likeness (QED) is 0.770. The van der Waals surface area contributed by atoms with Gasteiger partial charge in [-0.1, -0.05) is 24.3 Å². The van der Waals surface area contributed by atoms with Gasteiger partial charge in [0, 0.05) is 51.1 Å². The summed E-state index contributed by atoms with van der Waals surface area (Å²) in [5, 5.41) is 0. The zero-order valence-electron chi connectivity index (χ0n) is 10.8. The number of piperazine rings is 1. The molecule has 0 N–H and O–H groups in total. The average Bonchev–Trinajstić information content (AvgIpc) is 2.38. The van der Waals surface area contributed by atoms with E-state index in [0.29, 0.717) is 0 Å². The molecule has 3 heteroatoms. The van der Waals surface area contributed by atoms with E-state index in [-0.39, 0.29) is 0 Å². The largest absolute Gasteiger partial charge is 0.300 e. The van der Waals surface area contributed by atoms with Gasteiger partial charge in [-0.3, -0.25) is 4.90 Å². The van der Waals surface area contributed by atoms with Crippen LogP contribution in [0.25, 0.3) is 0 Å². The van der Waals surface area contributed by atoms with Crippen LogP contribution in [0, 0.1) is 0 Å². The molecule has 2 nitrogen and oxygen atoms in total. The minimum atomic E-state index is 0.760. The molecule has 1 unspecified atom stereocenters. The Morgan fingerprint density at radius 1 is 1.06 bits per heavy atom. The third-order valence-corrected chi connectivity index (χ3v) is 4.47. The zero-order chi connectivity index (χ0) is 12.4. The number of alkyl halides is 1. The van der Waals surface area contributed by atoms with Gasteiger partial charge in [0.15, 0.2) is 0 Å². The number of hydrogen-bond acceptors (Lipinski definition) is 2. The maximum atomic E-state index is 5.79. The van der Waals surface area contributed by atoms with Crippen LogP contribution in [0.15, 0.2) is 24.3 Å². The lowest BCUT2D eigenvalue weighted by Gasteiger charge is -2.39. The Labute approximate surface area is 115 Å². The van der Waals surface area contributed by atoms with Crippen molar-refractivity contribution in [3.63, 3.8) is 0 Å². The molecule has 2 aliphatic rings. The van der Waals surface area contributed by atoms with Crippen molar-refractivity contribution in [3.8, 4) is 0 Å². The summed E-state index contributed by atoms with van der Waals surface area (Å²) in [6.45, 7) is 7.06. The molecule has 1 aromatic carbocycles. The molecule has 0 amide bonds. The van der Waals surface area contributed by atoms with Crippen molar-refractivity contribution in [2.45, 2.75) is 12.3 Å². The first-order valence-electron chi connectivity index (χ1n) is 6.95. The summed E-state index contributed by atoms with van der Waals surface area (Å²) in [6, 6.07) is 8.89. The van der Waals surface area contributed by atoms with Gasteiger partial charge in [-0.25, -0.2) is 0 Å². The predicted octanol–water partition coefficient (Wildman–Crippen LogP) is 2.18. The topological polar surface area (TPSA) is 6.48 Å². The van der Waals surface area contributed by atoms with Gasteiger partial charge in [0.25, 0.3) is 0 Å². The van der Waals surface area contributed by atoms with E-state index < -0.39 is 0 Å². The molecule has 98 valence electrons. The Kier molecular flexibility index (Phi) is 3.88. The maximum Gasteiger partial charge on any atom is 0.0351 e. The van der Waals surface area contributed by atoms with E-state index in [0.717, 1.165) is 18.3 Å². The summed E-state index contributed by atoms with van der Waals surface area (Å²) in [7, 11) is 0. The van der Waals surface area contributed by atoms with E-state index in [1.54, 1.807) is 11.1 Å². The second kappa shape index (κ2) is 5.60. The van der Waals surface area contributed by atoms with Crippen LogP contribution in [0.5, 0.6) is 0 Å². The molecule has 18 heavy (non-hydrogen) atoms. The fourth-order valence-corrected chi connectivity index (χ4v) is 3.39. The molecule has 1 fully saturated rings. The summed E-state index contributed by atoms with van der Waals surface area (Å²) >= 11 is 5.79. The van der Waals surface area contributed by atoms with Gasteiger partial charge in [-0.2, -0.15) is 0 Å². The van der Waals surface area contributed by atoms with E-state index in [1.165, 1.54) is 39.1 Å². The molecule has 1 heterocycles. The highest BCUT2D eigenvalue weighted by molar-refractivity contribution is 6.18. The first-order valence-corrected chi connectivity index (χ1v) is 7.49. The average molecular weight is 265 g/mol. The molecule has 0 radical (unpaired) electrons. The Morgan fingerprint density at radius 2 is 1.78 bits per heavy atom. The number of nitrogens with zero attached hydrogens (tertiary/aromatic N) is 2. The molecule has 1 atom stereocenters. The van der Waals surface area contributed by atoms with E-state index >= 15 is 0 Å². The van der Waals surface area contributed by atoms with Crippen molar-refractivity contribution in [1.29, 1.82) is 0 Å². The van der Waals surface area contributed by atoms with Crippen LogP contribution in [0.4, 0.5) is 0 Å². The predicted molar refractivity (Wildman–Crippen MR) is 76.5 cm³/mol. The lowest BCUT2D eigenvalue weighted by atomic mass is 9.77. The standard InChI is InChI=1S/C15H21ClN2/c16-5-6-17-7-9-18(10-8-17)12-14-11-13-3-1-2-4-15(13)14/h1-4,14H,5-12H2. The number of halogens is 1. The van der Waals surface area contributed by atoms with E-state index in [4.69, 9.17) is 11.6 Å². The second-order valence-electron chi connectivity index (χ2n) is 5.43. The third-order valence-electron chi connectivity index (χ3n) is 4.31. The van der Waals surface area contributed by atoms with Crippen molar-refractivity contribution in [2.75, 3.05) is 45.1 Å². The first-order chi connectivity index (χ1) is 8.86. The van der Waals surface area contributed by atoms with E-state index in [1.807, 2.05) is 0 Å². The summed E-state index contributed by atoms with van der Waals surface area (Å²) in [6.07, 6.45) is 1.28. The summed E-state index contributed by atoms with van der Waals surface area (Å²) in [5.41, 5.74) is 3.14. The molecule has 1 aliphatic carbocycles. The van der Waals surface area contributed by atoms with E-state index in [2.05, 4.69) is 34.1 Å². The Bertz CT molecular complexity index is 399. The molecule has 0 saturated carbocycles. The van der Waals surface area contributed by atoms with Crippen LogP contribution in [0.2, 0.25) is 0 Å². The van der Waals surface area contributed by atoms with E-state index in [9.17, 15) is 0 Å². The Hall–Kier alpha value is -0.570. The maximum absolute atomic E-state index is 5.79. The smallest absolute Gasteiger partial charge is 0.0351 e. The fourth-order valence-electron chi connectivity index (χ4n) is 3.15. The minimum absolute atomic E-state index is 0.760. The van der Waals surface area contributed by atoms with Gasteiger partial charge in [-0.15, -0.1) is 11.6 Å². The number of fused-ring (bicyclic) bond motifs is 1. The van der Waals surface area contributed by atoms with Gasteiger partial charge < -0.3 is 4.90 Å². The van der Waals surface area contributed by atoms with Crippen LogP contribution in [-0.2, 0) is 6.42 Å². The number of benzene rings is 1. The van der Waals surface area contributed by atoms with Gasteiger partial charge in [-0.05, 0) is 17.5 Å². The van der Waals surface area contributed by atoms with Crippen molar-refractivity contribution in [1.82, 2.24) is 9.80 Å². The lowest BCUT2D eigenvalue weighted by molar-refractivity contribution is 0.129. The molecule has 0 aromatic heterocycles. The van der Waals surface area contributed by atoms with Crippen LogP contribution in [0.1, 0.15) is 17.0 Å². The van der Waals surface area contributed by atoms with Crippen LogP contribution in [0.3, 0.4) is 0 Å². The molecule has 1 aliphatic heterocycles. The fraction of sp³-hybridized carbons (Fsp3) is 0.600. The normalized spacial score (nSPS) is 24.6. The van der Waals surface area contributed by atoms with Gasteiger partial charge in [0.1, 0.15) is 0 Å². The first kappa shape index (κ1) is 12.5. The molecule has 1 saturated heterocycles. The van der Waals surface area contributed by atoms with Gasteiger partial charge in [0.2, 0.25) is 0 Å². The molecule has 0 bridgehead atoms. The third kappa shape index (κ3) is 2.56. The highest BCUT2D eigenvalue weighted by Gasteiger charge is 2.28. The second-order valence-corrected chi connectivity index (χ2v) is 5.81. The van der Waals surface area contributed by atoms with Crippen molar-refractivity contribution in [3.05, 3.63) is 35.4 Å². The molecular formula is C15H21ClN2. The minimum Gasteiger partial charge on any atom is -0.300 e. The highest BCUT2D eigenvalue weighted by Crippen LogP contribution is 2.35. The summed E-state index contributed by atoms with van der Waals surface area (Å²) in [4.78, 5) is 5.09. The zero-order valence-corrected chi connectivity index (χ0v) is 11.6. The molecular weight excluding hydrogens is 244 g/mol. The van der Waals surface area contributed by atoms with Crippen LogP contribution >= 0.6 is 11.6 Å². The molecule has 0 spiro atoms. The van der Waals surface area contributed by atoms with Crippen molar-refractivity contribution >= 4 is 11.6 Å². The lowest BCUT2D eigenvalue weighted by Crippen LogP contribution is -2.48. The number of rotatable bonds is 4.